The maximum absolute atomic E-state index is 14.5. The molecular weight excluding hydrogens is 585 g/mol. The molecule has 3 saturated carbocycles. The number of amides is 2. The van der Waals surface area contributed by atoms with Crippen LogP contribution in [0.1, 0.15) is 52.0 Å². The van der Waals surface area contributed by atoms with Gasteiger partial charge in [-0.3, -0.25) is 9.59 Å². The van der Waals surface area contributed by atoms with E-state index < -0.39 is 11.4 Å². The first-order valence-electron chi connectivity index (χ1n) is 14.6. The standard InChI is InChI=1S/C32H30FN5O5S/c1-41-24-8-7-22-27(44-30(36-22)38-17-9-18(38)13-43-12-17)26(24)29(40)35-23-11-34-25(42-2)10-19(23)28(39)37-32-14-31(15-32,16-32)20-5-3-4-6-21(20)33/h3-8,10-11,17-18H,9,12-16H2,1-2H3,(H,35,40)(H,37,39). The van der Waals surface area contributed by atoms with Gasteiger partial charge in [-0.2, -0.15) is 0 Å². The number of halogens is 1. The third-order valence-electron chi connectivity index (χ3n) is 9.56. The molecule has 4 aromatic rings. The van der Waals surface area contributed by atoms with E-state index >= 15 is 0 Å². The summed E-state index contributed by atoms with van der Waals surface area (Å²) in [7, 11) is 2.98. The molecule has 2 unspecified atom stereocenters. The minimum atomic E-state index is -0.445. The largest absolute Gasteiger partial charge is 0.496 e. The van der Waals surface area contributed by atoms with Gasteiger partial charge in [-0.05, 0) is 49.4 Å². The monoisotopic (exact) mass is 615 g/mol. The third kappa shape index (κ3) is 4.07. The Morgan fingerprint density at radius 1 is 1.07 bits per heavy atom. The van der Waals surface area contributed by atoms with Crippen LogP contribution in [0.15, 0.2) is 48.7 Å². The molecule has 0 radical (unpaired) electrons. The number of hydrogen-bond donors (Lipinski definition) is 2. The maximum atomic E-state index is 14.5. The molecule has 0 spiro atoms. The molecule has 226 valence electrons. The van der Waals surface area contributed by atoms with E-state index in [0.29, 0.717) is 71.7 Å². The summed E-state index contributed by atoms with van der Waals surface area (Å²) in [5.74, 6) is -0.378. The van der Waals surface area contributed by atoms with Crippen molar-refractivity contribution in [3.8, 4) is 11.6 Å². The van der Waals surface area contributed by atoms with Crippen molar-refractivity contribution >= 4 is 44.2 Å². The van der Waals surface area contributed by atoms with Gasteiger partial charge in [0.2, 0.25) is 5.88 Å². The second-order valence-electron chi connectivity index (χ2n) is 12.2. The Labute approximate surface area is 256 Å². The Bertz CT molecular complexity index is 1810. The molecule has 5 fully saturated rings. The summed E-state index contributed by atoms with van der Waals surface area (Å²) < 4.78 is 31.7. The summed E-state index contributed by atoms with van der Waals surface area (Å²) in [6.07, 6.45) is 4.48. The van der Waals surface area contributed by atoms with Crippen molar-refractivity contribution in [2.24, 2.45) is 0 Å². The number of nitrogens with one attached hydrogen (secondary N) is 2. The minimum absolute atomic E-state index is 0.212. The van der Waals surface area contributed by atoms with Crippen LogP contribution in [0.5, 0.6) is 11.6 Å². The molecule has 12 heteroatoms. The van der Waals surface area contributed by atoms with E-state index in [1.807, 2.05) is 18.2 Å². The van der Waals surface area contributed by atoms with E-state index in [9.17, 15) is 14.0 Å². The Kier molecular flexibility index (Phi) is 6.11. The number of aromatic nitrogens is 2. The molecule has 2 saturated heterocycles. The highest BCUT2D eigenvalue weighted by Gasteiger charge is 2.69. The fraction of sp³-hybridized carbons (Fsp3) is 0.375. The van der Waals surface area contributed by atoms with Crippen molar-refractivity contribution in [3.63, 3.8) is 0 Å². The zero-order chi connectivity index (χ0) is 30.2. The van der Waals surface area contributed by atoms with Crippen molar-refractivity contribution < 1.29 is 28.2 Å². The van der Waals surface area contributed by atoms with Gasteiger partial charge in [0.05, 0.1) is 67.2 Å². The number of hydrogen-bond acceptors (Lipinski definition) is 9. The van der Waals surface area contributed by atoms with Crippen LogP contribution < -0.4 is 25.0 Å². The van der Waals surface area contributed by atoms with Gasteiger partial charge in [0.15, 0.2) is 5.13 Å². The lowest BCUT2D eigenvalue weighted by Gasteiger charge is -2.70. The number of ether oxygens (including phenoxy) is 3. The molecular formula is C32H30FN5O5S. The lowest BCUT2D eigenvalue weighted by Crippen LogP contribution is -2.76. The molecule has 2 N–H and O–H groups in total. The van der Waals surface area contributed by atoms with E-state index in [1.54, 1.807) is 12.1 Å². The number of pyridine rings is 1. The van der Waals surface area contributed by atoms with Gasteiger partial charge in [0.1, 0.15) is 17.1 Å². The summed E-state index contributed by atoms with van der Waals surface area (Å²) in [5, 5.41) is 6.91. The lowest BCUT2D eigenvalue weighted by molar-refractivity contribution is -0.0826. The van der Waals surface area contributed by atoms with Gasteiger partial charge < -0.3 is 29.7 Å². The number of benzene rings is 2. The van der Waals surface area contributed by atoms with Crippen LogP contribution in [0.25, 0.3) is 10.2 Å². The highest BCUT2D eigenvalue weighted by Crippen LogP contribution is 2.68. The molecule has 2 atom stereocenters. The molecule has 2 aliphatic heterocycles. The van der Waals surface area contributed by atoms with Gasteiger partial charge in [-0.25, -0.2) is 14.4 Å². The zero-order valence-electron chi connectivity index (χ0n) is 24.2. The van der Waals surface area contributed by atoms with Crippen molar-refractivity contribution in [3.05, 3.63) is 71.2 Å². The second-order valence-corrected chi connectivity index (χ2v) is 13.2. The van der Waals surface area contributed by atoms with Crippen LogP contribution >= 0.6 is 11.3 Å². The fourth-order valence-corrected chi connectivity index (χ4v) is 8.78. The van der Waals surface area contributed by atoms with E-state index in [0.717, 1.165) is 11.6 Å². The quantitative estimate of drug-likeness (QED) is 0.294. The molecule has 9 rings (SSSR count). The van der Waals surface area contributed by atoms with Gasteiger partial charge in [-0.15, -0.1) is 0 Å². The highest BCUT2D eigenvalue weighted by molar-refractivity contribution is 7.22. The average molecular weight is 616 g/mol. The van der Waals surface area contributed by atoms with Crippen molar-refractivity contribution in [2.75, 3.05) is 37.7 Å². The Morgan fingerprint density at radius 3 is 2.55 bits per heavy atom. The van der Waals surface area contributed by atoms with Gasteiger partial charge in [-0.1, -0.05) is 29.5 Å². The number of methoxy groups -OCH3 is 2. The third-order valence-corrected chi connectivity index (χ3v) is 10.7. The topological polar surface area (TPSA) is 115 Å². The number of rotatable bonds is 8. The van der Waals surface area contributed by atoms with E-state index in [1.165, 1.54) is 43.9 Å². The van der Waals surface area contributed by atoms with Crippen LogP contribution in [0.3, 0.4) is 0 Å². The second kappa shape index (κ2) is 9.86. The molecule has 2 aromatic heterocycles. The number of carbonyl (C=O) groups is 2. The Morgan fingerprint density at radius 2 is 1.84 bits per heavy atom. The van der Waals surface area contributed by atoms with Crippen LogP contribution in [-0.4, -0.2) is 66.8 Å². The first kappa shape index (κ1) is 27.3. The molecule has 5 aliphatic rings. The Balaban J connectivity index is 1.06. The molecule has 2 aromatic carbocycles. The molecule has 2 amide bonds. The predicted octanol–water partition coefficient (Wildman–Crippen LogP) is 4.68. The van der Waals surface area contributed by atoms with Crippen molar-refractivity contribution in [2.45, 2.75) is 48.7 Å². The molecule has 10 nitrogen and oxygen atoms in total. The van der Waals surface area contributed by atoms with Crippen LogP contribution in [-0.2, 0) is 10.2 Å². The number of nitrogens with zero attached hydrogens (tertiary/aromatic N) is 3. The smallest absolute Gasteiger partial charge is 0.261 e. The van der Waals surface area contributed by atoms with Gasteiger partial charge in [0.25, 0.3) is 11.8 Å². The summed E-state index contributed by atoms with van der Waals surface area (Å²) in [5.41, 5.74) is 1.54. The van der Waals surface area contributed by atoms with E-state index in [2.05, 4.69) is 20.5 Å². The van der Waals surface area contributed by atoms with Crippen molar-refractivity contribution in [1.82, 2.24) is 15.3 Å². The zero-order valence-corrected chi connectivity index (χ0v) is 25.0. The fourth-order valence-electron chi connectivity index (χ4n) is 7.53. The van der Waals surface area contributed by atoms with Gasteiger partial charge >= 0.3 is 0 Å². The van der Waals surface area contributed by atoms with Crippen LogP contribution in [0, 0.1) is 5.82 Å². The summed E-state index contributed by atoms with van der Waals surface area (Å²) in [4.78, 5) is 39.0. The van der Waals surface area contributed by atoms with Crippen molar-refractivity contribution in [1.29, 1.82) is 0 Å². The molecule has 4 bridgehead atoms. The van der Waals surface area contributed by atoms with Crippen LogP contribution in [0.4, 0.5) is 15.2 Å². The number of anilines is 2. The van der Waals surface area contributed by atoms with Gasteiger partial charge in [0, 0.05) is 17.0 Å². The number of carbonyl (C=O) groups excluding carboxylic acids is 2. The summed E-state index contributed by atoms with van der Waals surface area (Å²) in [6, 6.07) is 12.5. The summed E-state index contributed by atoms with van der Waals surface area (Å²) in [6.45, 7) is 1.34. The maximum Gasteiger partial charge on any atom is 0.261 e. The normalized spacial score (nSPS) is 26.2. The lowest BCUT2D eigenvalue weighted by atomic mass is 9.37. The van der Waals surface area contributed by atoms with Crippen LogP contribution in [0.2, 0.25) is 0 Å². The first-order chi connectivity index (χ1) is 21.3. The molecule has 3 aliphatic carbocycles. The SMILES string of the molecule is COc1cc(C(=O)NC23CC(c4ccccc4F)(C2)C3)c(NC(=O)c2c(OC)ccc3nc(N4C5COCC4C5)sc23)cn1. The van der Waals surface area contributed by atoms with E-state index in [-0.39, 0.29) is 34.3 Å². The number of thiazole rings is 1. The average Bonchev–Trinajstić information content (AvgIpc) is 3.41. The molecule has 44 heavy (non-hydrogen) atoms. The minimum Gasteiger partial charge on any atom is -0.496 e. The first-order valence-corrected chi connectivity index (χ1v) is 15.4. The van der Waals surface area contributed by atoms with E-state index in [4.69, 9.17) is 19.2 Å². The number of fused-ring (bicyclic) bond motifs is 3. The molecule has 4 heterocycles. The Hall–Kier alpha value is -4.29. The highest BCUT2D eigenvalue weighted by atomic mass is 32.1. The predicted molar refractivity (Wildman–Crippen MR) is 163 cm³/mol. The number of morpholine rings is 1. The summed E-state index contributed by atoms with van der Waals surface area (Å²) >= 11 is 1.45.